The van der Waals surface area contributed by atoms with E-state index in [1.165, 1.54) is 0 Å². The average Bonchev–Trinajstić information content (AvgIpc) is 2.75. The number of nitrogens with zero attached hydrogens (tertiary/aromatic N) is 1. The summed E-state index contributed by atoms with van der Waals surface area (Å²) in [7, 11) is 1.97. The van der Waals surface area contributed by atoms with Crippen molar-refractivity contribution < 1.29 is 9.59 Å². The largest absolute Gasteiger partial charge is 0.345 e. The van der Waals surface area contributed by atoms with E-state index in [4.69, 9.17) is 0 Å². The van der Waals surface area contributed by atoms with Crippen molar-refractivity contribution in [2.45, 2.75) is 25.3 Å². The average molecular weight is 416 g/mol. The maximum atomic E-state index is 12.9. The van der Waals surface area contributed by atoms with Crippen LogP contribution in [0, 0.1) is 5.92 Å². The molecule has 1 heterocycles. The molecule has 0 saturated carbocycles. The van der Waals surface area contributed by atoms with Gasteiger partial charge in [0, 0.05) is 18.7 Å². The molecule has 0 spiro atoms. The summed E-state index contributed by atoms with van der Waals surface area (Å²) in [5, 5.41) is 6.27. The molecule has 0 aliphatic carbocycles. The Morgan fingerprint density at radius 3 is 2.17 bits per heavy atom. The number of carbonyl (C=O) groups excluding carboxylic acids is 2. The molecule has 5 nitrogen and oxygen atoms in total. The van der Waals surface area contributed by atoms with Crippen molar-refractivity contribution >= 4 is 24.2 Å². The monoisotopic (exact) mass is 415 g/mol. The van der Waals surface area contributed by atoms with Gasteiger partial charge in [-0.3, -0.25) is 9.59 Å². The van der Waals surface area contributed by atoms with E-state index in [9.17, 15) is 9.59 Å². The quantitative estimate of drug-likeness (QED) is 0.728. The number of amides is 2. The van der Waals surface area contributed by atoms with Gasteiger partial charge in [-0.15, -0.1) is 12.4 Å². The number of rotatable bonds is 7. The SMILES string of the molecule is CNCC1CCN(C(=O)CC(NC(=O)c2ccccc2)c2ccccc2)CC1.Cl. The lowest BCUT2D eigenvalue weighted by atomic mass is 9.95. The van der Waals surface area contributed by atoms with Crippen LogP contribution in [0.3, 0.4) is 0 Å². The minimum atomic E-state index is -0.337. The van der Waals surface area contributed by atoms with Crippen LogP contribution in [0.15, 0.2) is 60.7 Å². The molecular weight excluding hydrogens is 386 g/mol. The second-order valence-corrected chi connectivity index (χ2v) is 7.39. The van der Waals surface area contributed by atoms with Crippen LogP contribution in [0.2, 0.25) is 0 Å². The van der Waals surface area contributed by atoms with Crippen molar-refractivity contribution in [1.82, 2.24) is 15.5 Å². The van der Waals surface area contributed by atoms with Crippen LogP contribution in [-0.4, -0.2) is 43.4 Å². The number of likely N-dealkylation sites (tertiary alicyclic amines) is 1. The van der Waals surface area contributed by atoms with Crippen molar-refractivity contribution in [3.05, 3.63) is 71.8 Å². The van der Waals surface area contributed by atoms with E-state index in [-0.39, 0.29) is 36.7 Å². The van der Waals surface area contributed by atoms with Crippen LogP contribution in [0.5, 0.6) is 0 Å². The lowest BCUT2D eigenvalue weighted by molar-refractivity contribution is -0.133. The summed E-state index contributed by atoms with van der Waals surface area (Å²) in [6, 6.07) is 18.5. The van der Waals surface area contributed by atoms with Crippen LogP contribution >= 0.6 is 12.4 Å². The van der Waals surface area contributed by atoms with E-state index in [0.29, 0.717) is 11.5 Å². The summed E-state index contributed by atoms with van der Waals surface area (Å²) >= 11 is 0. The Morgan fingerprint density at radius 1 is 1.00 bits per heavy atom. The van der Waals surface area contributed by atoms with Gasteiger partial charge in [0.2, 0.25) is 5.91 Å². The Balaban J connectivity index is 0.00000300. The summed E-state index contributed by atoms with van der Waals surface area (Å²) in [5.41, 5.74) is 1.55. The Bertz CT molecular complexity index is 762. The Labute approximate surface area is 179 Å². The molecule has 0 bridgehead atoms. The van der Waals surface area contributed by atoms with E-state index in [0.717, 1.165) is 38.0 Å². The predicted octanol–water partition coefficient (Wildman–Crippen LogP) is 3.43. The molecule has 29 heavy (non-hydrogen) atoms. The first-order chi connectivity index (χ1) is 13.7. The van der Waals surface area contributed by atoms with E-state index >= 15 is 0 Å². The molecule has 0 aromatic heterocycles. The molecule has 3 rings (SSSR count). The lowest BCUT2D eigenvalue weighted by Gasteiger charge is -2.33. The van der Waals surface area contributed by atoms with Crippen molar-refractivity contribution in [1.29, 1.82) is 0 Å². The molecule has 1 unspecified atom stereocenters. The maximum absolute atomic E-state index is 12.9. The Kier molecular flexibility index (Phi) is 9.16. The zero-order valence-electron chi connectivity index (χ0n) is 16.8. The summed E-state index contributed by atoms with van der Waals surface area (Å²) < 4.78 is 0. The van der Waals surface area contributed by atoms with Gasteiger partial charge in [-0.05, 0) is 50.0 Å². The van der Waals surface area contributed by atoms with E-state index in [2.05, 4.69) is 10.6 Å². The molecule has 1 saturated heterocycles. The van der Waals surface area contributed by atoms with Crippen LogP contribution < -0.4 is 10.6 Å². The molecule has 6 heteroatoms. The second kappa shape index (κ2) is 11.6. The highest BCUT2D eigenvalue weighted by Crippen LogP contribution is 2.22. The van der Waals surface area contributed by atoms with Crippen LogP contribution in [-0.2, 0) is 4.79 Å². The molecule has 156 valence electrons. The zero-order chi connectivity index (χ0) is 19.8. The summed E-state index contributed by atoms with van der Waals surface area (Å²) in [5.74, 6) is 0.580. The molecule has 0 radical (unpaired) electrons. The summed E-state index contributed by atoms with van der Waals surface area (Å²) in [4.78, 5) is 27.5. The van der Waals surface area contributed by atoms with Crippen LogP contribution in [0.1, 0.15) is 41.2 Å². The summed E-state index contributed by atoms with van der Waals surface area (Å²) in [6.07, 6.45) is 2.33. The van der Waals surface area contributed by atoms with Gasteiger partial charge >= 0.3 is 0 Å². The minimum absolute atomic E-state index is 0. The van der Waals surface area contributed by atoms with Gasteiger partial charge in [0.1, 0.15) is 0 Å². The molecule has 2 N–H and O–H groups in total. The van der Waals surface area contributed by atoms with Crippen LogP contribution in [0.4, 0.5) is 0 Å². The number of hydrogen-bond donors (Lipinski definition) is 2. The van der Waals surface area contributed by atoms with Crippen molar-refractivity contribution in [3.8, 4) is 0 Å². The molecule has 2 amide bonds. The first kappa shape index (κ1) is 22.9. The fourth-order valence-electron chi connectivity index (χ4n) is 3.75. The number of halogens is 1. The summed E-state index contributed by atoms with van der Waals surface area (Å²) in [6.45, 7) is 2.58. The number of piperidine rings is 1. The fraction of sp³-hybridized carbons (Fsp3) is 0.391. The Morgan fingerprint density at radius 2 is 1.59 bits per heavy atom. The number of benzene rings is 2. The predicted molar refractivity (Wildman–Crippen MR) is 118 cm³/mol. The van der Waals surface area contributed by atoms with Gasteiger partial charge in [0.25, 0.3) is 5.91 Å². The highest BCUT2D eigenvalue weighted by Gasteiger charge is 2.26. The number of carbonyl (C=O) groups is 2. The minimum Gasteiger partial charge on any atom is -0.345 e. The van der Waals surface area contributed by atoms with Crippen molar-refractivity contribution in [2.75, 3.05) is 26.7 Å². The number of hydrogen-bond acceptors (Lipinski definition) is 3. The van der Waals surface area contributed by atoms with E-state index in [1.807, 2.05) is 60.5 Å². The maximum Gasteiger partial charge on any atom is 0.251 e. The fourth-order valence-corrected chi connectivity index (χ4v) is 3.75. The van der Waals surface area contributed by atoms with Gasteiger partial charge in [-0.25, -0.2) is 0 Å². The third kappa shape index (κ3) is 6.58. The van der Waals surface area contributed by atoms with Crippen molar-refractivity contribution in [2.24, 2.45) is 5.92 Å². The van der Waals surface area contributed by atoms with E-state index in [1.54, 1.807) is 12.1 Å². The molecule has 1 atom stereocenters. The normalized spacial score (nSPS) is 15.3. The van der Waals surface area contributed by atoms with E-state index < -0.39 is 0 Å². The van der Waals surface area contributed by atoms with Gasteiger partial charge in [0.05, 0.1) is 12.5 Å². The third-order valence-electron chi connectivity index (χ3n) is 5.38. The molecule has 2 aromatic carbocycles. The van der Waals surface area contributed by atoms with Crippen LogP contribution in [0.25, 0.3) is 0 Å². The zero-order valence-corrected chi connectivity index (χ0v) is 17.7. The molecular formula is C23H30ClN3O2. The van der Waals surface area contributed by atoms with Gasteiger partial charge in [0.15, 0.2) is 0 Å². The highest BCUT2D eigenvalue weighted by molar-refractivity contribution is 5.94. The Hall–Kier alpha value is -2.37. The number of nitrogens with one attached hydrogen (secondary N) is 2. The van der Waals surface area contributed by atoms with Gasteiger partial charge in [-0.2, -0.15) is 0 Å². The molecule has 2 aromatic rings. The van der Waals surface area contributed by atoms with Gasteiger partial charge < -0.3 is 15.5 Å². The first-order valence-corrected chi connectivity index (χ1v) is 10.0. The topological polar surface area (TPSA) is 61.4 Å². The lowest BCUT2D eigenvalue weighted by Crippen LogP contribution is -2.42. The molecule has 1 aliphatic rings. The first-order valence-electron chi connectivity index (χ1n) is 10.0. The second-order valence-electron chi connectivity index (χ2n) is 7.39. The van der Waals surface area contributed by atoms with Gasteiger partial charge in [-0.1, -0.05) is 48.5 Å². The third-order valence-corrected chi connectivity index (χ3v) is 5.38. The standard InChI is InChI=1S/C23H29N3O2.ClH/c1-24-17-18-12-14-26(15-13-18)22(27)16-21(19-8-4-2-5-9-19)25-23(28)20-10-6-3-7-11-20;/h2-11,18,21,24H,12-17H2,1H3,(H,25,28);1H. The molecule has 1 aliphatic heterocycles. The molecule has 1 fully saturated rings. The van der Waals surface area contributed by atoms with Crippen molar-refractivity contribution in [3.63, 3.8) is 0 Å². The highest BCUT2D eigenvalue weighted by atomic mass is 35.5. The smallest absolute Gasteiger partial charge is 0.251 e.